The lowest BCUT2D eigenvalue weighted by atomic mass is 9.98. The van der Waals surface area contributed by atoms with Crippen LogP contribution in [0.2, 0.25) is 0 Å². The minimum Gasteiger partial charge on any atom is -0.355 e. The molecule has 108 valence electrons. The molecule has 1 aromatic rings. The van der Waals surface area contributed by atoms with Crippen molar-refractivity contribution < 1.29 is 4.79 Å². The summed E-state index contributed by atoms with van der Waals surface area (Å²) in [6.07, 6.45) is 0.818. The Kier molecular flexibility index (Phi) is 5.77. The SMILES string of the molecule is CC(C)(C)c1nc(CCNC(=O)C2CNC2)cs1.Cl. The van der Waals surface area contributed by atoms with Crippen molar-refractivity contribution in [3.63, 3.8) is 0 Å². The number of carbonyl (C=O) groups is 1. The van der Waals surface area contributed by atoms with Gasteiger partial charge in [-0.1, -0.05) is 20.8 Å². The van der Waals surface area contributed by atoms with Crippen molar-refractivity contribution in [1.82, 2.24) is 15.6 Å². The number of amides is 1. The molecule has 0 radical (unpaired) electrons. The smallest absolute Gasteiger partial charge is 0.225 e. The summed E-state index contributed by atoms with van der Waals surface area (Å²) in [5, 5.41) is 9.32. The van der Waals surface area contributed by atoms with Crippen LogP contribution in [0.15, 0.2) is 5.38 Å². The predicted molar refractivity (Wildman–Crippen MR) is 81.1 cm³/mol. The first-order valence-corrected chi connectivity index (χ1v) is 7.28. The molecular weight excluding hydrogens is 282 g/mol. The van der Waals surface area contributed by atoms with E-state index in [1.54, 1.807) is 11.3 Å². The number of rotatable bonds is 4. The Balaban J connectivity index is 0.00000180. The fourth-order valence-corrected chi connectivity index (χ4v) is 2.64. The molecule has 2 heterocycles. The predicted octanol–water partition coefficient (Wildman–Crippen LogP) is 1.74. The van der Waals surface area contributed by atoms with E-state index in [1.165, 1.54) is 0 Å². The van der Waals surface area contributed by atoms with Crippen LogP contribution in [-0.4, -0.2) is 30.5 Å². The molecule has 1 amide bonds. The molecule has 0 aliphatic carbocycles. The Labute approximate surface area is 124 Å². The van der Waals surface area contributed by atoms with Gasteiger partial charge in [0.05, 0.1) is 16.6 Å². The molecule has 2 rings (SSSR count). The molecule has 1 aromatic heterocycles. The normalized spacial score (nSPS) is 15.5. The molecule has 1 aliphatic heterocycles. The first-order valence-electron chi connectivity index (χ1n) is 6.40. The van der Waals surface area contributed by atoms with Crippen LogP contribution in [0.5, 0.6) is 0 Å². The topological polar surface area (TPSA) is 54.0 Å². The van der Waals surface area contributed by atoms with Gasteiger partial charge in [0.25, 0.3) is 0 Å². The van der Waals surface area contributed by atoms with Gasteiger partial charge >= 0.3 is 0 Å². The van der Waals surface area contributed by atoms with E-state index in [4.69, 9.17) is 0 Å². The van der Waals surface area contributed by atoms with Crippen LogP contribution in [0.3, 0.4) is 0 Å². The molecule has 0 saturated carbocycles. The minimum atomic E-state index is 0. The zero-order chi connectivity index (χ0) is 13.2. The summed E-state index contributed by atoms with van der Waals surface area (Å²) in [7, 11) is 0. The third-order valence-corrected chi connectivity index (χ3v) is 4.34. The minimum absolute atomic E-state index is 0. The summed E-state index contributed by atoms with van der Waals surface area (Å²) < 4.78 is 0. The molecule has 1 aliphatic rings. The maximum atomic E-state index is 11.6. The first kappa shape index (κ1) is 16.4. The van der Waals surface area contributed by atoms with Crippen LogP contribution < -0.4 is 10.6 Å². The lowest BCUT2D eigenvalue weighted by molar-refractivity contribution is -0.126. The summed E-state index contributed by atoms with van der Waals surface area (Å²) in [4.78, 5) is 16.2. The van der Waals surface area contributed by atoms with E-state index < -0.39 is 0 Å². The summed E-state index contributed by atoms with van der Waals surface area (Å²) in [5.41, 5.74) is 1.20. The summed E-state index contributed by atoms with van der Waals surface area (Å²) in [5.74, 6) is 0.339. The second-order valence-electron chi connectivity index (χ2n) is 5.79. The average molecular weight is 304 g/mol. The Morgan fingerprint density at radius 2 is 2.21 bits per heavy atom. The van der Waals surface area contributed by atoms with Gasteiger partial charge in [-0.3, -0.25) is 4.79 Å². The van der Waals surface area contributed by atoms with Crippen molar-refractivity contribution in [1.29, 1.82) is 0 Å². The van der Waals surface area contributed by atoms with E-state index in [0.717, 1.165) is 30.2 Å². The Morgan fingerprint density at radius 1 is 1.53 bits per heavy atom. The number of nitrogens with one attached hydrogen (secondary N) is 2. The largest absolute Gasteiger partial charge is 0.355 e. The van der Waals surface area contributed by atoms with E-state index in [9.17, 15) is 4.79 Å². The number of nitrogens with zero attached hydrogens (tertiary/aromatic N) is 1. The highest BCUT2D eigenvalue weighted by molar-refractivity contribution is 7.09. The molecule has 0 spiro atoms. The number of halogens is 1. The lowest BCUT2D eigenvalue weighted by Crippen LogP contribution is -2.51. The molecule has 0 atom stereocenters. The van der Waals surface area contributed by atoms with Gasteiger partial charge < -0.3 is 10.6 Å². The molecule has 1 saturated heterocycles. The average Bonchev–Trinajstić information content (AvgIpc) is 2.62. The molecule has 1 fully saturated rings. The van der Waals surface area contributed by atoms with E-state index in [1.807, 2.05) is 0 Å². The van der Waals surface area contributed by atoms with Gasteiger partial charge in [0.1, 0.15) is 0 Å². The second kappa shape index (κ2) is 6.68. The summed E-state index contributed by atoms with van der Waals surface area (Å²) in [6.45, 7) is 8.82. The quantitative estimate of drug-likeness (QED) is 0.891. The summed E-state index contributed by atoms with van der Waals surface area (Å²) in [6, 6.07) is 0. The van der Waals surface area contributed by atoms with Crippen molar-refractivity contribution in [2.75, 3.05) is 19.6 Å². The molecule has 4 nitrogen and oxygen atoms in total. The number of hydrogen-bond donors (Lipinski definition) is 2. The van der Waals surface area contributed by atoms with Gasteiger partial charge in [-0.05, 0) is 0 Å². The summed E-state index contributed by atoms with van der Waals surface area (Å²) >= 11 is 1.70. The maximum absolute atomic E-state index is 11.6. The van der Waals surface area contributed by atoms with Crippen LogP contribution in [0.1, 0.15) is 31.5 Å². The van der Waals surface area contributed by atoms with Gasteiger partial charge in [-0.15, -0.1) is 23.7 Å². The van der Waals surface area contributed by atoms with Crippen molar-refractivity contribution >= 4 is 29.7 Å². The highest BCUT2D eigenvalue weighted by atomic mass is 35.5. The van der Waals surface area contributed by atoms with Crippen LogP contribution in [-0.2, 0) is 16.6 Å². The number of hydrogen-bond acceptors (Lipinski definition) is 4. The van der Waals surface area contributed by atoms with Crippen molar-refractivity contribution in [3.05, 3.63) is 16.1 Å². The molecule has 19 heavy (non-hydrogen) atoms. The molecule has 2 N–H and O–H groups in total. The van der Waals surface area contributed by atoms with Crippen LogP contribution in [0.25, 0.3) is 0 Å². The maximum Gasteiger partial charge on any atom is 0.225 e. The molecule has 0 unspecified atom stereocenters. The third-order valence-electron chi connectivity index (χ3n) is 3.03. The van der Waals surface area contributed by atoms with E-state index in [0.29, 0.717) is 6.54 Å². The van der Waals surface area contributed by atoms with Crippen molar-refractivity contribution in [2.24, 2.45) is 5.92 Å². The fourth-order valence-electron chi connectivity index (χ4n) is 1.70. The monoisotopic (exact) mass is 303 g/mol. The Morgan fingerprint density at radius 3 is 2.68 bits per heavy atom. The number of thiazole rings is 1. The standard InChI is InChI=1S/C13H21N3OS.ClH/c1-13(2,3)12-16-10(8-18-12)4-5-15-11(17)9-6-14-7-9;/h8-9,14H,4-7H2,1-3H3,(H,15,17);1H. The second-order valence-corrected chi connectivity index (χ2v) is 6.65. The van der Waals surface area contributed by atoms with Crippen LogP contribution in [0, 0.1) is 5.92 Å². The molecular formula is C13H22ClN3OS. The van der Waals surface area contributed by atoms with Crippen molar-refractivity contribution in [2.45, 2.75) is 32.6 Å². The molecule has 0 aromatic carbocycles. The van der Waals surface area contributed by atoms with Gasteiger partial charge in [0, 0.05) is 36.9 Å². The van der Waals surface area contributed by atoms with Gasteiger partial charge in [-0.2, -0.15) is 0 Å². The fraction of sp³-hybridized carbons (Fsp3) is 0.692. The lowest BCUT2D eigenvalue weighted by Gasteiger charge is -2.25. The number of aromatic nitrogens is 1. The van der Waals surface area contributed by atoms with Crippen molar-refractivity contribution in [3.8, 4) is 0 Å². The van der Waals surface area contributed by atoms with Gasteiger partial charge in [0.15, 0.2) is 0 Å². The van der Waals surface area contributed by atoms with Crippen LogP contribution >= 0.6 is 23.7 Å². The van der Waals surface area contributed by atoms with E-state index >= 15 is 0 Å². The van der Waals surface area contributed by atoms with E-state index in [2.05, 4.69) is 41.8 Å². The molecule has 0 bridgehead atoms. The zero-order valence-electron chi connectivity index (χ0n) is 11.7. The van der Waals surface area contributed by atoms with E-state index in [-0.39, 0.29) is 29.6 Å². The van der Waals surface area contributed by atoms with Gasteiger partial charge in [-0.25, -0.2) is 4.98 Å². The van der Waals surface area contributed by atoms with Crippen LogP contribution in [0.4, 0.5) is 0 Å². The first-order chi connectivity index (χ1) is 8.47. The highest BCUT2D eigenvalue weighted by Gasteiger charge is 2.24. The number of carbonyl (C=O) groups excluding carboxylic acids is 1. The van der Waals surface area contributed by atoms with Gasteiger partial charge in [0.2, 0.25) is 5.91 Å². The highest BCUT2D eigenvalue weighted by Crippen LogP contribution is 2.25. The Bertz CT molecular complexity index is 424. The third kappa shape index (κ3) is 4.44. The Hall–Kier alpha value is -0.650. The molecule has 6 heteroatoms. The zero-order valence-corrected chi connectivity index (χ0v) is 13.3.